The third-order valence-electron chi connectivity index (χ3n) is 3.12. The lowest BCUT2D eigenvalue weighted by Gasteiger charge is -2.02. The molecule has 2 heterocycles. The molecule has 1 aliphatic heterocycles. The van der Waals surface area contributed by atoms with E-state index in [1.807, 2.05) is 0 Å². The monoisotopic (exact) mass is 345 g/mol. The molecule has 3 rings (SSSR count). The molecule has 1 unspecified atom stereocenters. The molecule has 2 aromatic rings. The zero-order valence-electron chi connectivity index (χ0n) is 10.1. The zero-order valence-corrected chi connectivity index (χ0v) is 11.7. The Balaban J connectivity index is 1.92. The van der Waals surface area contributed by atoms with Gasteiger partial charge in [-0.15, -0.1) is 0 Å². The second-order valence-electron chi connectivity index (χ2n) is 4.53. The normalized spacial score (nSPS) is 22.4. The number of halogens is 3. The van der Waals surface area contributed by atoms with Crippen LogP contribution < -0.4 is 5.32 Å². The minimum atomic E-state index is -0.997. The van der Waals surface area contributed by atoms with Gasteiger partial charge < -0.3 is 14.9 Å². The molecule has 0 bridgehead atoms. The van der Waals surface area contributed by atoms with E-state index in [4.69, 9.17) is 4.52 Å². The number of aliphatic hydroxyl groups is 1. The van der Waals surface area contributed by atoms with Gasteiger partial charge in [0.2, 0.25) is 11.7 Å². The molecule has 1 fully saturated rings. The topological polar surface area (TPSA) is 71.2 Å². The summed E-state index contributed by atoms with van der Waals surface area (Å²) in [5.74, 6) is -1.48. The molecule has 1 aliphatic rings. The van der Waals surface area contributed by atoms with E-state index in [0.717, 1.165) is 6.07 Å². The number of β-amino-alcohol motifs (C(OH)–C–C–N with tert-alkyl or cyclic N) is 1. The molecule has 1 aromatic heterocycles. The molecule has 5 nitrogen and oxygen atoms in total. The maximum absolute atomic E-state index is 13.5. The molecule has 0 saturated carbocycles. The van der Waals surface area contributed by atoms with Gasteiger partial charge in [-0.1, -0.05) is 5.16 Å². The highest BCUT2D eigenvalue weighted by atomic mass is 79.9. The van der Waals surface area contributed by atoms with E-state index < -0.39 is 17.7 Å². The summed E-state index contributed by atoms with van der Waals surface area (Å²) in [4.78, 5) is 4.16. The van der Waals surface area contributed by atoms with Crippen LogP contribution in [0, 0.1) is 11.6 Å². The number of aliphatic hydroxyl groups excluding tert-OH is 1. The quantitative estimate of drug-likeness (QED) is 0.816. The van der Waals surface area contributed by atoms with Gasteiger partial charge in [0.15, 0.2) is 11.6 Å². The maximum Gasteiger partial charge on any atom is 0.244 e. The molecule has 2 N–H and O–H groups in total. The van der Waals surface area contributed by atoms with Crippen molar-refractivity contribution in [2.24, 2.45) is 0 Å². The van der Waals surface area contributed by atoms with Gasteiger partial charge in [-0.2, -0.15) is 4.98 Å². The van der Waals surface area contributed by atoms with Crippen LogP contribution >= 0.6 is 15.9 Å². The Morgan fingerprint density at radius 3 is 2.90 bits per heavy atom. The predicted octanol–water partition coefficient (Wildman–Crippen LogP) is 2.17. The van der Waals surface area contributed by atoms with Crippen LogP contribution in [-0.2, 0) is 0 Å². The molecule has 1 saturated heterocycles. The fraction of sp³-hybridized carbons (Fsp3) is 0.333. The van der Waals surface area contributed by atoms with Crippen LogP contribution in [-0.4, -0.2) is 27.9 Å². The van der Waals surface area contributed by atoms with Crippen molar-refractivity contribution in [3.63, 3.8) is 0 Å². The Bertz CT molecular complexity index is 650. The molecular formula is C12H10BrF2N3O2. The van der Waals surface area contributed by atoms with Gasteiger partial charge in [-0.3, -0.25) is 0 Å². The largest absolute Gasteiger partial charge is 0.392 e. The molecule has 106 valence electrons. The minimum Gasteiger partial charge on any atom is -0.392 e. The summed E-state index contributed by atoms with van der Waals surface area (Å²) in [6.45, 7) is 0.456. The summed E-state index contributed by atoms with van der Waals surface area (Å²) in [6, 6.07) is 2.15. The van der Waals surface area contributed by atoms with Gasteiger partial charge in [0.1, 0.15) is 0 Å². The summed E-state index contributed by atoms with van der Waals surface area (Å²) >= 11 is 2.98. The van der Waals surface area contributed by atoms with Crippen molar-refractivity contribution in [2.75, 3.05) is 6.54 Å². The molecule has 2 atom stereocenters. The van der Waals surface area contributed by atoms with Crippen molar-refractivity contribution in [3.05, 3.63) is 34.1 Å². The Kier molecular flexibility index (Phi) is 3.53. The van der Waals surface area contributed by atoms with E-state index in [0.29, 0.717) is 24.4 Å². The van der Waals surface area contributed by atoms with E-state index in [2.05, 4.69) is 31.4 Å². The second-order valence-corrected chi connectivity index (χ2v) is 5.32. The molecule has 8 heteroatoms. The third kappa shape index (κ3) is 2.34. The van der Waals surface area contributed by atoms with Crippen LogP contribution in [0.1, 0.15) is 18.4 Å². The van der Waals surface area contributed by atoms with E-state index in [9.17, 15) is 13.9 Å². The minimum absolute atomic E-state index is 0.0516. The first kappa shape index (κ1) is 13.6. The number of hydrogen-bond donors (Lipinski definition) is 2. The first-order valence-corrected chi connectivity index (χ1v) is 6.74. The Hall–Kier alpha value is -1.38. The first-order valence-electron chi connectivity index (χ1n) is 5.95. The van der Waals surface area contributed by atoms with Crippen LogP contribution in [0.5, 0.6) is 0 Å². The highest BCUT2D eigenvalue weighted by Crippen LogP contribution is 2.31. The lowest BCUT2D eigenvalue weighted by Crippen LogP contribution is -2.15. The van der Waals surface area contributed by atoms with Gasteiger partial charge in [0.05, 0.1) is 16.6 Å². The van der Waals surface area contributed by atoms with E-state index in [1.54, 1.807) is 0 Å². The van der Waals surface area contributed by atoms with Crippen LogP contribution in [0.4, 0.5) is 8.78 Å². The lowest BCUT2D eigenvalue weighted by atomic mass is 10.2. The summed E-state index contributed by atoms with van der Waals surface area (Å²) in [5.41, 5.74) is 0.303. The summed E-state index contributed by atoms with van der Waals surface area (Å²) in [5, 5.41) is 16.2. The second kappa shape index (κ2) is 5.19. The van der Waals surface area contributed by atoms with Crippen molar-refractivity contribution in [3.8, 4) is 11.4 Å². The molecule has 1 aromatic carbocycles. The van der Waals surface area contributed by atoms with Gasteiger partial charge in [-0.05, 0) is 34.5 Å². The molecular weight excluding hydrogens is 336 g/mol. The fourth-order valence-corrected chi connectivity index (χ4v) is 2.59. The lowest BCUT2D eigenvalue weighted by molar-refractivity contribution is 0.191. The van der Waals surface area contributed by atoms with Crippen molar-refractivity contribution >= 4 is 15.9 Å². The fourth-order valence-electron chi connectivity index (χ4n) is 2.09. The Labute approximate surface area is 121 Å². The van der Waals surface area contributed by atoms with Crippen LogP contribution in [0.2, 0.25) is 0 Å². The van der Waals surface area contributed by atoms with E-state index >= 15 is 0 Å². The number of hydrogen-bond acceptors (Lipinski definition) is 5. The standard InChI is InChI=1S/C12H10BrF2N3O2/c13-9-6(1-2-7(14)10(9)15)11-17-12(20-18-11)8-3-5(19)4-16-8/h1-2,5,8,16,19H,3-4H2/t5?,8-/m0/s1. The SMILES string of the molecule is OC1CN[C@H](c2nc(-c3ccc(F)c(F)c3Br)no2)C1. The highest BCUT2D eigenvalue weighted by molar-refractivity contribution is 9.10. The van der Waals surface area contributed by atoms with Gasteiger partial charge in [-0.25, -0.2) is 8.78 Å². The summed E-state index contributed by atoms with van der Waals surface area (Å²) < 4.78 is 31.6. The van der Waals surface area contributed by atoms with Crippen molar-refractivity contribution in [1.82, 2.24) is 15.5 Å². The molecule has 0 spiro atoms. The number of rotatable bonds is 2. The van der Waals surface area contributed by atoms with E-state index in [1.165, 1.54) is 6.07 Å². The van der Waals surface area contributed by atoms with Crippen LogP contribution in [0.25, 0.3) is 11.4 Å². The molecule has 0 aliphatic carbocycles. The van der Waals surface area contributed by atoms with Gasteiger partial charge in [0.25, 0.3) is 0 Å². The van der Waals surface area contributed by atoms with Crippen LogP contribution in [0.15, 0.2) is 21.1 Å². The van der Waals surface area contributed by atoms with Crippen LogP contribution in [0.3, 0.4) is 0 Å². The summed E-state index contributed by atoms with van der Waals surface area (Å²) in [6.07, 6.45) is 0.0194. The zero-order chi connectivity index (χ0) is 14.3. The predicted molar refractivity (Wildman–Crippen MR) is 68.7 cm³/mol. The van der Waals surface area contributed by atoms with E-state index in [-0.39, 0.29) is 16.3 Å². The van der Waals surface area contributed by atoms with Crippen molar-refractivity contribution < 1.29 is 18.4 Å². The third-order valence-corrected chi connectivity index (χ3v) is 3.90. The molecule has 0 radical (unpaired) electrons. The number of aromatic nitrogens is 2. The number of benzene rings is 1. The Morgan fingerprint density at radius 1 is 1.40 bits per heavy atom. The van der Waals surface area contributed by atoms with Gasteiger partial charge in [0, 0.05) is 12.1 Å². The highest BCUT2D eigenvalue weighted by Gasteiger charge is 2.28. The Morgan fingerprint density at radius 2 is 2.20 bits per heavy atom. The molecule has 20 heavy (non-hydrogen) atoms. The average Bonchev–Trinajstić information content (AvgIpc) is 3.05. The smallest absolute Gasteiger partial charge is 0.244 e. The average molecular weight is 346 g/mol. The van der Waals surface area contributed by atoms with Gasteiger partial charge >= 0.3 is 0 Å². The molecule has 0 amide bonds. The number of nitrogens with zero attached hydrogens (tertiary/aromatic N) is 2. The first-order chi connectivity index (χ1) is 9.56. The summed E-state index contributed by atoms with van der Waals surface area (Å²) in [7, 11) is 0. The van der Waals surface area contributed by atoms with Crippen molar-refractivity contribution in [1.29, 1.82) is 0 Å². The van der Waals surface area contributed by atoms with Crippen molar-refractivity contribution in [2.45, 2.75) is 18.6 Å². The number of nitrogens with one attached hydrogen (secondary N) is 1. The maximum atomic E-state index is 13.5.